The van der Waals surface area contributed by atoms with Crippen molar-refractivity contribution in [1.29, 1.82) is 0 Å². The molecule has 4 heteroatoms. The number of benzene rings is 1. The summed E-state index contributed by atoms with van der Waals surface area (Å²) in [5.41, 5.74) is 2.27. The third-order valence-electron chi connectivity index (χ3n) is 2.87. The molecule has 0 bridgehead atoms. The number of rotatable bonds is 4. The molecule has 0 amide bonds. The van der Waals surface area contributed by atoms with Crippen LogP contribution in [0.4, 0.5) is 0 Å². The number of carboxylic acid groups (broad SMARTS) is 1. The molecule has 0 atom stereocenters. The first-order valence-electron chi connectivity index (χ1n) is 5.53. The molecule has 0 aliphatic carbocycles. The van der Waals surface area contributed by atoms with Gasteiger partial charge in [-0.05, 0) is 30.5 Å². The SMILES string of the molecule is Cn1cc(CCCC(=O)O)c2ccc(Cl)cc21. The lowest BCUT2D eigenvalue weighted by atomic mass is 10.1. The van der Waals surface area contributed by atoms with E-state index in [0.29, 0.717) is 6.42 Å². The Balaban J connectivity index is 2.26. The predicted octanol–water partition coefficient (Wildman–Crippen LogP) is 3.24. The molecule has 0 aliphatic heterocycles. The largest absolute Gasteiger partial charge is 0.481 e. The van der Waals surface area contributed by atoms with E-state index in [4.69, 9.17) is 16.7 Å². The minimum atomic E-state index is -0.742. The van der Waals surface area contributed by atoms with Crippen LogP contribution in [0.5, 0.6) is 0 Å². The Hall–Kier alpha value is -1.48. The van der Waals surface area contributed by atoms with Crippen molar-refractivity contribution < 1.29 is 9.90 Å². The third kappa shape index (κ3) is 2.61. The van der Waals surface area contributed by atoms with Gasteiger partial charge in [-0.1, -0.05) is 17.7 Å². The summed E-state index contributed by atoms with van der Waals surface area (Å²) in [5.74, 6) is -0.742. The van der Waals surface area contributed by atoms with Gasteiger partial charge < -0.3 is 9.67 Å². The van der Waals surface area contributed by atoms with E-state index in [1.54, 1.807) is 0 Å². The van der Waals surface area contributed by atoms with Crippen molar-refractivity contribution in [3.8, 4) is 0 Å². The Kier molecular flexibility index (Phi) is 3.38. The van der Waals surface area contributed by atoms with Crippen LogP contribution in [-0.4, -0.2) is 15.6 Å². The number of aryl methyl sites for hydroxylation is 2. The van der Waals surface area contributed by atoms with E-state index in [2.05, 4.69) is 0 Å². The van der Waals surface area contributed by atoms with Crippen molar-refractivity contribution >= 4 is 28.5 Å². The number of fused-ring (bicyclic) bond motifs is 1. The molecule has 2 aromatic rings. The van der Waals surface area contributed by atoms with E-state index >= 15 is 0 Å². The van der Waals surface area contributed by atoms with Gasteiger partial charge in [-0.25, -0.2) is 0 Å². The predicted molar refractivity (Wildman–Crippen MR) is 68.5 cm³/mol. The monoisotopic (exact) mass is 251 g/mol. The van der Waals surface area contributed by atoms with Gasteiger partial charge in [0.25, 0.3) is 0 Å². The van der Waals surface area contributed by atoms with Crippen molar-refractivity contribution in [3.05, 3.63) is 35.0 Å². The molecule has 0 saturated carbocycles. The smallest absolute Gasteiger partial charge is 0.303 e. The molecule has 0 aliphatic rings. The zero-order valence-electron chi connectivity index (χ0n) is 9.61. The first-order valence-corrected chi connectivity index (χ1v) is 5.91. The summed E-state index contributed by atoms with van der Waals surface area (Å²) in [6.45, 7) is 0. The van der Waals surface area contributed by atoms with Crippen LogP contribution in [0.2, 0.25) is 5.02 Å². The van der Waals surface area contributed by atoms with E-state index in [-0.39, 0.29) is 6.42 Å². The lowest BCUT2D eigenvalue weighted by molar-refractivity contribution is -0.137. The maximum absolute atomic E-state index is 10.5. The van der Waals surface area contributed by atoms with Crippen LogP contribution in [0.15, 0.2) is 24.4 Å². The lowest BCUT2D eigenvalue weighted by Crippen LogP contribution is -1.95. The highest BCUT2D eigenvalue weighted by molar-refractivity contribution is 6.31. The summed E-state index contributed by atoms with van der Waals surface area (Å²) in [7, 11) is 1.97. The van der Waals surface area contributed by atoms with Gasteiger partial charge in [0.2, 0.25) is 0 Å². The molecule has 3 nitrogen and oxygen atoms in total. The van der Waals surface area contributed by atoms with Gasteiger partial charge in [-0.2, -0.15) is 0 Å². The second-order valence-corrected chi connectivity index (χ2v) is 4.61. The highest BCUT2D eigenvalue weighted by Gasteiger charge is 2.07. The molecular weight excluding hydrogens is 238 g/mol. The maximum Gasteiger partial charge on any atom is 0.303 e. The van der Waals surface area contributed by atoms with Crippen LogP contribution in [-0.2, 0) is 18.3 Å². The number of nitrogens with zero attached hydrogens (tertiary/aromatic N) is 1. The fraction of sp³-hybridized carbons (Fsp3) is 0.308. The van der Waals surface area contributed by atoms with Gasteiger partial charge in [0.05, 0.1) is 0 Å². The minimum Gasteiger partial charge on any atom is -0.481 e. The summed E-state index contributed by atoms with van der Waals surface area (Å²) in [6.07, 6.45) is 3.70. The number of aliphatic carboxylic acids is 1. The van der Waals surface area contributed by atoms with Gasteiger partial charge in [-0.15, -0.1) is 0 Å². The molecular formula is C13H14ClNO2. The highest BCUT2D eigenvalue weighted by atomic mass is 35.5. The standard InChI is InChI=1S/C13H14ClNO2/c1-15-8-9(3-2-4-13(16)17)11-6-5-10(14)7-12(11)15/h5-8H,2-4H2,1H3,(H,16,17). The van der Waals surface area contributed by atoms with Crippen LogP contribution in [0.3, 0.4) is 0 Å². The quantitative estimate of drug-likeness (QED) is 0.907. The molecule has 2 rings (SSSR count). The number of aromatic nitrogens is 1. The first kappa shape index (κ1) is 12.0. The van der Waals surface area contributed by atoms with Gasteiger partial charge in [0.15, 0.2) is 0 Å². The summed E-state index contributed by atoms with van der Waals surface area (Å²) >= 11 is 5.95. The van der Waals surface area contributed by atoms with Crippen LogP contribution < -0.4 is 0 Å². The average Bonchev–Trinajstić information content (AvgIpc) is 2.55. The zero-order valence-corrected chi connectivity index (χ0v) is 10.4. The molecule has 0 radical (unpaired) electrons. The molecule has 90 valence electrons. The molecule has 17 heavy (non-hydrogen) atoms. The number of carboxylic acids is 1. The van der Waals surface area contributed by atoms with Gasteiger partial charge in [0, 0.05) is 35.6 Å². The van der Waals surface area contributed by atoms with Crippen molar-refractivity contribution in [2.24, 2.45) is 7.05 Å². The fourth-order valence-corrected chi connectivity index (χ4v) is 2.24. The normalized spacial score (nSPS) is 10.9. The van der Waals surface area contributed by atoms with Crippen molar-refractivity contribution in [2.75, 3.05) is 0 Å². The Morgan fingerprint density at radius 2 is 2.24 bits per heavy atom. The van der Waals surface area contributed by atoms with Crippen molar-refractivity contribution in [3.63, 3.8) is 0 Å². The topological polar surface area (TPSA) is 42.2 Å². The number of hydrogen-bond donors (Lipinski definition) is 1. The van der Waals surface area contributed by atoms with E-state index in [1.807, 2.05) is 36.0 Å². The Morgan fingerprint density at radius 3 is 2.94 bits per heavy atom. The van der Waals surface area contributed by atoms with Gasteiger partial charge >= 0.3 is 5.97 Å². The molecule has 0 spiro atoms. The summed E-state index contributed by atoms with van der Waals surface area (Å²) < 4.78 is 2.03. The Labute approximate surface area is 105 Å². The highest BCUT2D eigenvalue weighted by Crippen LogP contribution is 2.25. The molecule has 1 N–H and O–H groups in total. The van der Waals surface area contributed by atoms with Crippen LogP contribution in [0, 0.1) is 0 Å². The van der Waals surface area contributed by atoms with Crippen LogP contribution >= 0.6 is 11.6 Å². The second kappa shape index (κ2) is 4.80. The summed E-state index contributed by atoms with van der Waals surface area (Å²) in [5, 5.41) is 10.5. The fourth-order valence-electron chi connectivity index (χ4n) is 2.07. The maximum atomic E-state index is 10.5. The number of hydrogen-bond acceptors (Lipinski definition) is 1. The van der Waals surface area contributed by atoms with Gasteiger partial charge in [-0.3, -0.25) is 4.79 Å². The molecule has 0 fully saturated rings. The van der Waals surface area contributed by atoms with Crippen molar-refractivity contribution in [1.82, 2.24) is 4.57 Å². The molecule has 1 aromatic heterocycles. The van der Waals surface area contributed by atoms with Gasteiger partial charge in [0.1, 0.15) is 0 Å². The third-order valence-corrected chi connectivity index (χ3v) is 3.11. The number of carbonyl (C=O) groups is 1. The van der Waals surface area contributed by atoms with E-state index in [0.717, 1.165) is 22.3 Å². The summed E-state index contributed by atoms with van der Waals surface area (Å²) in [6, 6.07) is 5.79. The second-order valence-electron chi connectivity index (χ2n) is 4.17. The molecule has 1 heterocycles. The Bertz CT molecular complexity index is 560. The molecule has 0 saturated heterocycles. The zero-order chi connectivity index (χ0) is 12.4. The molecule has 0 unspecified atom stereocenters. The van der Waals surface area contributed by atoms with Crippen molar-refractivity contribution in [2.45, 2.75) is 19.3 Å². The Morgan fingerprint density at radius 1 is 1.47 bits per heavy atom. The lowest BCUT2D eigenvalue weighted by Gasteiger charge is -1.98. The minimum absolute atomic E-state index is 0.212. The average molecular weight is 252 g/mol. The van der Waals surface area contributed by atoms with E-state index in [1.165, 1.54) is 5.56 Å². The summed E-state index contributed by atoms with van der Waals surface area (Å²) in [4.78, 5) is 10.5. The van der Waals surface area contributed by atoms with Crippen LogP contribution in [0.25, 0.3) is 10.9 Å². The number of halogens is 1. The molecule has 1 aromatic carbocycles. The van der Waals surface area contributed by atoms with Crippen LogP contribution in [0.1, 0.15) is 18.4 Å². The van der Waals surface area contributed by atoms with E-state index in [9.17, 15) is 4.79 Å². The van der Waals surface area contributed by atoms with E-state index < -0.39 is 5.97 Å². The first-order chi connectivity index (χ1) is 8.08.